The molecule has 0 fully saturated rings. The van der Waals surface area contributed by atoms with E-state index in [0.29, 0.717) is 23.6 Å². The van der Waals surface area contributed by atoms with Gasteiger partial charge in [-0.05, 0) is 48.9 Å². The quantitative estimate of drug-likeness (QED) is 0.740. The smallest absolute Gasteiger partial charge is 0.387 e. The van der Waals surface area contributed by atoms with E-state index in [4.69, 9.17) is 9.47 Å². The SMILES string of the molecule is CCOc1cc(CNC(=O)Nc2ccc(OC)cc2)ccc1OC(F)F. The molecule has 2 aromatic carbocycles. The summed E-state index contributed by atoms with van der Waals surface area (Å²) in [6, 6.07) is 11.0. The number of amides is 2. The van der Waals surface area contributed by atoms with Crippen LogP contribution in [0, 0.1) is 0 Å². The first-order valence-electron chi connectivity index (χ1n) is 7.91. The van der Waals surface area contributed by atoms with Crippen LogP contribution in [-0.2, 0) is 6.54 Å². The molecule has 0 aromatic heterocycles. The Morgan fingerprint density at radius 3 is 2.46 bits per heavy atom. The molecule has 2 amide bonds. The maximum absolute atomic E-state index is 12.4. The van der Waals surface area contributed by atoms with E-state index in [1.807, 2.05) is 0 Å². The summed E-state index contributed by atoms with van der Waals surface area (Å²) in [5.41, 5.74) is 1.29. The Morgan fingerprint density at radius 1 is 1.12 bits per heavy atom. The Kier molecular flexibility index (Phi) is 7.02. The number of nitrogens with one attached hydrogen (secondary N) is 2. The molecule has 0 unspecified atom stereocenters. The second kappa shape index (κ2) is 9.45. The number of alkyl halides is 2. The Morgan fingerprint density at radius 2 is 1.85 bits per heavy atom. The first kappa shape index (κ1) is 19.3. The lowest BCUT2D eigenvalue weighted by Crippen LogP contribution is -2.28. The highest BCUT2D eigenvalue weighted by atomic mass is 19.3. The van der Waals surface area contributed by atoms with Gasteiger partial charge < -0.3 is 24.8 Å². The molecule has 0 aliphatic carbocycles. The summed E-state index contributed by atoms with van der Waals surface area (Å²) in [6.07, 6.45) is 0. The van der Waals surface area contributed by atoms with Crippen molar-refractivity contribution in [1.29, 1.82) is 0 Å². The van der Waals surface area contributed by atoms with Crippen LogP contribution in [0.5, 0.6) is 17.2 Å². The van der Waals surface area contributed by atoms with E-state index in [2.05, 4.69) is 15.4 Å². The minimum atomic E-state index is -2.94. The number of urea groups is 1. The normalized spacial score (nSPS) is 10.3. The Labute approximate surface area is 150 Å². The number of benzene rings is 2. The summed E-state index contributed by atoms with van der Waals surface area (Å²) in [6.45, 7) is -0.710. The number of anilines is 1. The topological polar surface area (TPSA) is 68.8 Å². The highest BCUT2D eigenvalue weighted by Crippen LogP contribution is 2.29. The van der Waals surface area contributed by atoms with Crippen LogP contribution in [0.3, 0.4) is 0 Å². The van der Waals surface area contributed by atoms with Gasteiger partial charge in [0.2, 0.25) is 0 Å². The highest BCUT2D eigenvalue weighted by Gasteiger charge is 2.12. The van der Waals surface area contributed by atoms with Crippen LogP contribution in [0.2, 0.25) is 0 Å². The summed E-state index contributed by atoms with van der Waals surface area (Å²) in [5.74, 6) is 0.835. The largest absolute Gasteiger partial charge is 0.497 e. The van der Waals surface area contributed by atoms with Crippen LogP contribution < -0.4 is 24.8 Å². The zero-order valence-electron chi connectivity index (χ0n) is 14.4. The van der Waals surface area contributed by atoms with Gasteiger partial charge in [-0.25, -0.2) is 4.79 Å². The van der Waals surface area contributed by atoms with Gasteiger partial charge in [-0.3, -0.25) is 0 Å². The van der Waals surface area contributed by atoms with Crippen molar-refractivity contribution in [1.82, 2.24) is 5.32 Å². The minimum absolute atomic E-state index is 0.0479. The van der Waals surface area contributed by atoms with Crippen LogP contribution >= 0.6 is 0 Å². The fraction of sp³-hybridized carbons (Fsp3) is 0.278. The number of hydrogen-bond donors (Lipinski definition) is 2. The number of rotatable bonds is 8. The van der Waals surface area contributed by atoms with Crippen molar-refractivity contribution in [2.75, 3.05) is 19.0 Å². The zero-order valence-corrected chi connectivity index (χ0v) is 14.4. The summed E-state index contributed by atoms with van der Waals surface area (Å²) in [4.78, 5) is 12.0. The Hall–Kier alpha value is -3.03. The standard InChI is InChI=1S/C18H20F2N2O4/c1-3-25-16-10-12(4-9-15(16)26-17(19)20)11-21-18(23)22-13-5-7-14(24-2)8-6-13/h4-10,17H,3,11H2,1-2H3,(H2,21,22,23). The fourth-order valence-corrected chi connectivity index (χ4v) is 2.16. The summed E-state index contributed by atoms with van der Waals surface area (Å²) < 4.78 is 39.6. The molecular weight excluding hydrogens is 346 g/mol. The number of ether oxygens (including phenoxy) is 3. The van der Waals surface area contributed by atoms with Crippen LogP contribution in [0.25, 0.3) is 0 Å². The van der Waals surface area contributed by atoms with Crippen molar-refractivity contribution < 1.29 is 27.8 Å². The molecule has 0 saturated carbocycles. The molecule has 2 N–H and O–H groups in total. The van der Waals surface area contributed by atoms with E-state index in [1.165, 1.54) is 6.07 Å². The number of halogens is 2. The summed E-state index contributed by atoms with van der Waals surface area (Å²) >= 11 is 0. The molecule has 0 atom stereocenters. The van der Waals surface area contributed by atoms with Gasteiger partial charge in [0.05, 0.1) is 13.7 Å². The molecular formula is C18H20F2N2O4. The van der Waals surface area contributed by atoms with Crippen LogP contribution in [0.1, 0.15) is 12.5 Å². The zero-order chi connectivity index (χ0) is 18.9. The predicted octanol–water partition coefficient (Wildman–Crippen LogP) is 4.02. The molecule has 0 heterocycles. The molecule has 8 heteroatoms. The van der Waals surface area contributed by atoms with Gasteiger partial charge in [0.15, 0.2) is 11.5 Å². The van der Waals surface area contributed by atoms with E-state index in [-0.39, 0.29) is 18.0 Å². The van der Waals surface area contributed by atoms with Crippen LogP contribution in [0.4, 0.5) is 19.3 Å². The van der Waals surface area contributed by atoms with E-state index >= 15 is 0 Å². The van der Waals surface area contributed by atoms with Gasteiger partial charge in [-0.1, -0.05) is 6.07 Å². The summed E-state index contributed by atoms with van der Waals surface area (Å²) in [5, 5.41) is 5.36. The number of methoxy groups -OCH3 is 1. The maximum Gasteiger partial charge on any atom is 0.387 e. The van der Waals surface area contributed by atoms with Crippen LogP contribution in [-0.4, -0.2) is 26.4 Å². The van der Waals surface area contributed by atoms with Crippen molar-refractivity contribution >= 4 is 11.7 Å². The molecule has 2 aromatic rings. The predicted molar refractivity (Wildman–Crippen MR) is 93.1 cm³/mol. The van der Waals surface area contributed by atoms with Gasteiger partial charge >= 0.3 is 12.6 Å². The highest BCUT2D eigenvalue weighted by molar-refractivity contribution is 5.89. The Bertz CT molecular complexity index is 724. The first-order valence-corrected chi connectivity index (χ1v) is 7.91. The second-order valence-corrected chi connectivity index (χ2v) is 5.13. The molecule has 0 radical (unpaired) electrons. The summed E-state index contributed by atoms with van der Waals surface area (Å²) in [7, 11) is 1.56. The average molecular weight is 366 g/mol. The third kappa shape index (κ3) is 5.80. The fourth-order valence-electron chi connectivity index (χ4n) is 2.16. The molecule has 0 spiro atoms. The lowest BCUT2D eigenvalue weighted by atomic mass is 10.2. The third-order valence-corrected chi connectivity index (χ3v) is 3.32. The van der Waals surface area contributed by atoms with Crippen molar-refractivity contribution in [3.63, 3.8) is 0 Å². The number of carbonyl (C=O) groups excluding carboxylic acids is 1. The first-order chi connectivity index (χ1) is 12.5. The minimum Gasteiger partial charge on any atom is -0.497 e. The van der Waals surface area contributed by atoms with Crippen molar-refractivity contribution in [3.05, 3.63) is 48.0 Å². The molecule has 0 bridgehead atoms. The molecule has 26 heavy (non-hydrogen) atoms. The van der Waals surface area contributed by atoms with Gasteiger partial charge in [0.25, 0.3) is 0 Å². The van der Waals surface area contributed by atoms with Gasteiger partial charge in [0, 0.05) is 12.2 Å². The maximum atomic E-state index is 12.4. The lowest BCUT2D eigenvalue weighted by Gasteiger charge is -2.13. The van der Waals surface area contributed by atoms with Crippen molar-refractivity contribution in [3.8, 4) is 17.2 Å². The van der Waals surface area contributed by atoms with E-state index in [0.717, 1.165) is 0 Å². The average Bonchev–Trinajstić information content (AvgIpc) is 2.62. The number of hydrogen-bond acceptors (Lipinski definition) is 4. The van der Waals surface area contributed by atoms with Gasteiger partial charge in [-0.15, -0.1) is 0 Å². The third-order valence-electron chi connectivity index (χ3n) is 3.32. The second-order valence-electron chi connectivity index (χ2n) is 5.13. The van der Waals surface area contributed by atoms with Crippen molar-refractivity contribution in [2.24, 2.45) is 0 Å². The molecule has 0 aliphatic heterocycles. The number of carbonyl (C=O) groups is 1. The van der Waals surface area contributed by atoms with Crippen molar-refractivity contribution in [2.45, 2.75) is 20.1 Å². The molecule has 0 saturated heterocycles. The molecule has 2 rings (SSSR count). The van der Waals surface area contributed by atoms with E-state index < -0.39 is 12.6 Å². The molecule has 6 nitrogen and oxygen atoms in total. The van der Waals surface area contributed by atoms with E-state index in [1.54, 1.807) is 50.4 Å². The van der Waals surface area contributed by atoms with E-state index in [9.17, 15) is 13.6 Å². The lowest BCUT2D eigenvalue weighted by molar-refractivity contribution is -0.0514. The molecule has 140 valence electrons. The van der Waals surface area contributed by atoms with Gasteiger partial charge in [0.1, 0.15) is 5.75 Å². The molecule has 0 aliphatic rings. The van der Waals surface area contributed by atoms with Gasteiger partial charge in [-0.2, -0.15) is 8.78 Å². The Balaban J connectivity index is 1.94. The monoisotopic (exact) mass is 366 g/mol. The van der Waals surface area contributed by atoms with Crippen LogP contribution in [0.15, 0.2) is 42.5 Å².